The van der Waals surface area contributed by atoms with Gasteiger partial charge in [-0.25, -0.2) is 9.97 Å². The van der Waals surface area contributed by atoms with Crippen LogP contribution in [0.2, 0.25) is 5.02 Å². The van der Waals surface area contributed by atoms with Crippen LogP contribution in [0.5, 0.6) is 0 Å². The lowest BCUT2D eigenvalue weighted by molar-refractivity contribution is -0.121. The largest absolute Gasteiger partial charge is 0.365 e. The van der Waals surface area contributed by atoms with Crippen molar-refractivity contribution < 1.29 is 9.32 Å². The van der Waals surface area contributed by atoms with Gasteiger partial charge in [0.25, 0.3) is 0 Å². The van der Waals surface area contributed by atoms with Crippen LogP contribution in [0.1, 0.15) is 17.0 Å². The third-order valence-electron chi connectivity index (χ3n) is 5.84. The predicted molar refractivity (Wildman–Crippen MR) is 139 cm³/mol. The number of nitrogens with zero attached hydrogens (tertiary/aromatic N) is 5. The number of halogens is 1. The number of likely N-dealkylation sites (N-methyl/N-ethyl adjacent to an activating group) is 1. The molecule has 2 N–H and O–H groups in total. The van der Waals surface area contributed by atoms with Gasteiger partial charge in [0.05, 0.1) is 23.0 Å². The van der Waals surface area contributed by atoms with E-state index in [1.165, 1.54) is 0 Å². The van der Waals surface area contributed by atoms with Crippen LogP contribution in [0.25, 0.3) is 33.4 Å². The summed E-state index contributed by atoms with van der Waals surface area (Å²) >= 11 is 6.18. The zero-order chi connectivity index (χ0) is 25.2. The first kappa shape index (κ1) is 23.5. The summed E-state index contributed by atoms with van der Waals surface area (Å²) in [7, 11) is 1.59. The number of anilines is 1. The molecular formula is C26H24ClN7O2. The molecule has 0 fully saturated rings. The first-order chi connectivity index (χ1) is 17.4. The molecule has 3 heterocycles. The van der Waals surface area contributed by atoms with Gasteiger partial charge in [0, 0.05) is 35.8 Å². The molecular weight excluding hydrogens is 478 g/mol. The van der Waals surface area contributed by atoms with Gasteiger partial charge in [0.2, 0.25) is 5.91 Å². The highest BCUT2D eigenvalue weighted by Crippen LogP contribution is 2.32. The highest BCUT2D eigenvalue weighted by atomic mass is 35.5. The molecule has 0 aliphatic heterocycles. The Morgan fingerprint density at radius 3 is 2.72 bits per heavy atom. The maximum Gasteiger partial charge on any atom is 0.241 e. The Labute approximate surface area is 212 Å². The molecule has 2 aromatic carbocycles. The van der Waals surface area contributed by atoms with E-state index in [1.54, 1.807) is 24.1 Å². The minimum Gasteiger partial charge on any atom is -0.365 e. The zero-order valence-corrected chi connectivity index (χ0v) is 20.8. The van der Waals surface area contributed by atoms with Gasteiger partial charge in [-0.3, -0.25) is 9.48 Å². The second-order valence-electron chi connectivity index (χ2n) is 8.41. The summed E-state index contributed by atoms with van der Waals surface area (Å²) in [5.41, 5.74) is 5.25. The van der Waals surface area contributed by atoms with Crippen molar-refractivity contribution in [2.75, 3.05) is 12.4 Å². The Bertz CT molecular complexity index is 1550. The second kappa shape index (κ2) is 9.79. The Kier molecular flexibility index (Phi) is 6.39. The van der Waals surface area contributed by atoms with E-state index in [2.05, 4.69) is 20.9 Å². The van der Waals surface area contributed by atoms with Gasteiger partial charge in [0.15, 0.2) is 5.82 Å². The fourth-order valence-electron chi connectivity index (χ4n) is 4.07. The lowest BCUT2D eigenvalue weighted by atomic mass is 10.0. The van der Waals surface area contributed by atoms with Gasteiger partial charge in [-0.05, 0) is 49.2 Å². The van der Waals surface area contributed by atoms with Gasteiger partial charge >= 0.3 is 0 Å². The first-order valence-corrected chi connectivity index (χ1v) is 11.8. The number of rotatable bonds is 7. The summed E-state index contributed by atoms with van der Waals surface area (Å²) in [6.45, 7) is 4.46. The molecule has 182 valence electrons. The van der Waals surface area contributed by atoms with E-state index in [0.29, 0.717) is 28.8 Å². The molecule has 1 amide bonds. The van der Waals surface area contributed by atoms with Crippen LogP contribution in [0, 0.1) is 13.8 Å². The number of aromatic nitrogens is 5. The van der Waals surface area contributed by atoms with Crippen molar-refractivity contribution >= 4 is 34.2 Å². The number of amides is 1. The number of hydrogen-bond acceptors (Lipinski definition) is 7. The Hall–Kier alpha value is -4.24. The maximum absolute atomic E-state index is 11.7. The van der Waals surface area contributed by atoms with Gasteiger partial charge in [-0.1, -0.05) is 35.0 Å². The Morgan fingerprint density at radius 1 is 1.11 bits per heavy atom. The Morgan fingerprint density at radius 2 is 1.97 bits per heavy atom. The van der Waals surface area contributed by atoms with E-state index >= 15 is 0 Å². The molecule has 36 heavy (non-hydrogen) atoms. The summed E-state index contributed by atoms with van der Waals surface area (Å²) in [5, 5.41) is 16.0. The monoisotopic (exact) mass is 501 g/mol. The van der Waals surface area contributed by atoms with Crippen molar-refractivity contribution in [3.63, 3.8) is 0 Å². The molecule has 0 aliphatic rings. The standard InChI is InChI=1S/C26H24ClN7O2/c1-15-24(16(2)36-33-15)18-7-8-22-21(10-18)26(29-11-17-5-4-6-20(27)9-17)32-25(31-22)19-12-30-34(13-19)14-23(35)28-3/h4-10,12-13H,11,14H2,1-3H3,(H,28,35)(H,29,31,32). The van der Waals surface area contributed by atoms with Crippen molar-refractivity contribution in [3.8, 4) is 22.5 Å². The molecule has 0 radical (unpaired) electrons. The predicted octanol–water partition coefficient (Wildman–Crippen LogP) is 4.78. The van der Waals surface area contributed by atoms with Gasteiger partial charge in [0.1, 0.15) is 18.1 Å². The minimum absolute atomic E-state index is 0.116. The summed E-state index contributed by atoms with van der Waals surface area (Å²) in [4.78, 5) is 21.4. The van der Waals surface area contributed by atoms with Gasteiger partial charge < -0.3 is 15.2 Å². The van der Waals surface area contributed by atoms with E-state index in [-0.39, 0.29) is 12.5 Å². The molecule has 3 aromatic heterocycles. The highest BCUT2D eigenvalue weighted by molar-refractivity contribution is 6.30. The molecule has 5 rings (SSSR count). The normalized spacial score (nSPS) is 11.1. The topological polar surface area (TPSA) is 111 Å². The molecule has 0 atom stereocenters. The zero-order valence-electron chi connectivity index (χ0n) is 20.0. The van der Waals surface area contributed by atoms with Crippen molar-refractivity contribution in [1.29, 1.82) is 0 Å². The van der Waals surface area contributed by atoms with E-state index in [4.69, 9.17) is 26.1 Å². The van der Waals surface area contributed by atoms with Crippen LogP contribution in [-0.2, 0) is 17.9 Å². The van der Waals surface area contributed by atoms with Crippen molar-refractivity contribution in [3.05, 3.63) is 76.9 Å². The summed E-state index contributed by atoms with van der Waals surface area (Å²) in [6.07, 6.45) is 3.42. The number of carbonyl (C=O) groups excluding carboxylic acids is 1. The van der Waals surface area contributed by atoms with Gasteiger partial charge in [-0.2, -0.15) is 5.10 Å². The lowest BCUT2D eigenvalue weighted by Crippen LogP contribution is -2.23. The van der Waals surface area contributed by atoms with Crippen LogP contribution < -0.4 is 10.6 Å². The molecule has 0 saturated carbocycles. The molecule has 0 spiro atoms. The van der Waals surface area contributed by atoms with Crippen LogP contribution >= 0.6 is 11.6 Å². The summed E-state index contributed by atoms with van der Waals surface area (Å²) in [5.74, 6) is 1.79. The fourth-order valence-corrected chi connectivity index (χ4v) is 4.28. The smallest absolute Gasteiger partial charge is 0.241 e. The highest BCUT2D eigenvalue weighted by Gasteiger charge is 2.16. The van der Waals surface area contributed by atoms with Crippen LogP contribution in [0.15, 0.2) is 59.4 Å². The van der Waals surface area contributed by atoms with E-state index < -0.39 is 0 Å². The maximum atomic E-state index is 11.7. The minimum atomic E-state index is -0.139. The molecule has 0 saturated heterocycles. The quantitative estimate of drug-likeness (QED) is 0.330. The van der Waals surface area contributed by atoms with Crippen LogP contribution in [0.3, 0.4) is 0 Å². The second-order valence-corrected chi connectivity index (χ2v) is 8.85. The molecule has 10 heteroatoms. The molecule has 0 bridgehead atoms. The van der Waals surface area contributed by atoms with E-state index in [9.17, 15) is 4.79 Å². The average molecular weight is 502 g/mol. The number of aryl methyl sites for hydroxylation is 2. The summed E-state index contributed by atoms with van der Waals surface area (Å²) < 4.78 is 6.93. The number of nitrogens with one attached hydrogen (secondary N) is 2. The molecule has 5 aromatic rings. The number of benzene rings is 2. The number of carbonyl (C=O) groups is 1. The third-order valence-corrected chi connectivity index (χ3v) is 6.08. The van der Waals surface area contributed by atoms with Crippen molar-refractivity contribution in [2.45, 2.75) is 26.9 Å². The van der Waals surface area contributed by atoms with Crippen molar-refractivity contribution in [2.24, 2.45) is 0 Å². The summed E-state index contributed by atoms with van der Waals surface area (Å²) in [6, 6.07) is 13.7. The first-order valence-electron chi connectivity index (χ1n) is 11.4. The van der Waals surface area contributed by atoms with Crippen LogP contribution in [0.4, 0.5) is 5.82 Å². The Balaban J connectivity index is 1.58. The SMILES string of the molecule is CNC(=O)Cn1cc(-c2nc(NCc3cccc(Cl)c3)c3cc(-c4c(C)noc4C)ccc3n2)cn1. The molecule has 0 aliphatic carbocycles. The number of fused-ring (bicyclic) bond motifs is 1. The average Bonchev–Trinajstić information content (AvgIpc) is 3.47. The van der Waals surface area contributed by atoms with Crippen molar-refractivity contribution in [1.82, 2.24) is 30.2 Å². The third kappa shape index (κ3) is 4.78. The fraction of sp³-hybridized carbons (Fsp3) is 0.192. The van der Waals surface area contributed by atoms with E-state index in [1.807, 2.05) is 56.3 Å². The molecule has 9 nitrogen and oxygen atoms in total. The van der Waals surface area contributed by atoms with Gasteiger partial charge in [-0.15, -0.1) is 0 Å². The number of hydrogen-bond donors (Lipinski definition) is 2. The molecule has 0 unspecified atom stereocenters. The van der Waals surface area contributed by atoms with Crippen LogP contribution in [-0.4, -0.2) is 37.9 Å². The van der Waals surface area contributed by atoms with E-state index in [0.717, 1.165) is 39.0 Å². The lowest BCUT2D eigenvalue weighted by Gasteiger charge is -2.12.